The molecule has 0 radical (unpaired) electrons. The van der Waals surface area contributed by atoms with E-state index in [1.165, 1.54) is 7.11 Å². The maximum atomic E-state index is 12.6. The van der Waals surface area contributed by atoms with E-state index in [2.05, 4.69) is 14.9 Å². The van der Waals surface area contributed by atoms with Gasteiger partial charge in [0.1, 0.15) is 11.5 Å². The third-order valence-electron chi connectivity index (χ3n) is 5.55. The van der Waals surface area contributed by atoms with Crippen LogP contribution in [0.2, 0.25) is 0 Å². The number of ether oxygens (including phenoxy) is 2. The van der Waals surface area contributed by atoms with Gasteiger partial charge in [0.05, 0.1) is 31.3 Å². The van der Waals surface area contributed by atoms with Gasteiger partial charge in [0.25, 0.3) is 0 Å². The van der Waals surface area contributed by atoms with E-state index in [0.717, 1.165) is 24.9 Å². The number of nitrogens with one attached hydrogen (secondary N) is 2. The van der Waals surface area contributed by atoms with Crippen LogP contribution in [0.4, 0.5) is 5.69 Å². The van der Waals surface area contributed by atoms with Crippen molar-refractivity contribution in [2.24, 2.45) is 5.92 Å². The predicted molar refractivity (Wildman–Crippen MR) is 124 cm³/mol. The van der Waals surface area contributed by atoms with Crippen molar-refractivity contribution in [3.05, 3.63) is 48.0 Å². The molecule has 1 fully saturated rings. The van der Waals surface area contributed by atoms with E-state index in [9.17, 15) is 13.2 Å². The zero-order valence-corrected chi connectivity index (χ0v) is 19.6. The van der Waals surface area contributed by atoms with Crippen LogP contribution in [0.25, 0.3) is 0 Å². The quantitative estimate of drug-likeness (QED) is 0.596. The van der Waals surface area contributed by atoms with E-state index < -0.39 is 10.0 Å². The monoisotopic (exact) mass is 461 g/mol. The van der Waals surface area contributed by atoms with Crippen LogP contribution in [0, 0.1) is 12.8 Å². The molecule has 0 spiro atoms. The Morgan fingerprint density at radius 3 is 2.56 bits per heavy atom. The van der Waals surface area contributed by atoms with Gasteiger partial charge in [-0.2, -0.15) is 0 Å². The molecule has 0 aromatic heterocycles. The molecule has 1 saturated heterocycles. The topological polar surface area (TPSA) is 97.0 Å². The lowest BCUT2D eigenvalue weighted by atomic mass is 9.98. The lowest BCUT2D eigenvalue weighted by molar-refractivity contribution is -0.117. The van der Waals surface area contributed by atoms with Crippen molar-refractivity contribution < 1.29 is 22.7 Å². The summed E-state index contributed by atoms with van der Waals surface area (Å²) in [6.07, 6.45) is 1.83. The molecule has 3 rings (SSSR count). The third kappa shape index (κ3) is 6.44. The average molecular weight is 462 g/mol. The summed E-state index contributed by atoms with van der Waals surface area (Å²) in [6, 6.07) is 12.0. The first-order valence-corrected chi connectivity index (χ1v) is 12.1. The van der Waals surface area contributed by atoms with Crippen molar-refractivity contribution >= 4 is 21.6 Å². The van der Waals surface area contributed by atoms with Gasteiger partial charge in [0.15, 0.2) is 0 Å². The number of carbonyl (C=O) groups is 1. The van der Waals surface area contributed by atoms with Gasteiger partial charge in [-0.25, -0.2) is 13.1 Å². The molecule has 174 valence electrons. The van der Waals surface area contributed by atoms with E-state index in [0.29, 0.717) is 30.3 Å². The van der Waals surface area contributed by atoms with Crippen LogP contribution in [0.1, 0.15) is 18.4 Å². The van der Waals surface area contributed by atoms with Crippen molar-refractivity contribution in [3.8, 4) is 11.5 Å². The average Bonchev–Trinajstić information content (AvgIpc) is 2.78. The van der Waals surface area contributed by atoms with Gasteiger partial charge < -0.3 is 14.8 Å². The number of sulfonamides is 1. The number of nitrogens with zero attached hydrogens (tertiary/aromatic N) is 1. The van der Waals surface area contributed by atoms with E-state index in [1.54, 1.807) is 49.6 Å². The molecular weight excluding hydrogens is 430 g/mol. The zero-order valence-electron chi connectivity index (χ0n) is 18.8. The molecule has 0 saturated carbocycles. The summed E-state index contributed by atoms with van der Waals surface area (Å²) in [4.78, 5) is 14.9. The van der Waals surface area contributed by atoms with E-state index >= 15 is 0 Å². The lowest BCUT2D eigenvalue weighted by Gasteiger charge is -2.32. The van der Waals surface area contributed by atoms with Gasteiger partial charge in [0, 0.05) is 19.2 Å². The Morgan fingerprint density at radius 1 is 1.12 bits per heavy atom. The van der Waals surface area contributed by atoms with E-state index in [4.69, 9.17) is 9.47 Å². The Morgan fingerprint density at radius 2 is 1.88 bits per heavy atom. The zero-order chi connectivity index (χ0) is 23.1. The first kappa shape index (κ1) is 24.0. The van der Waals surface area contributed by atoms with Crippen molar-refractivity contribution in [1.29, 1.82) is 0 Å². The SMILES string of the molecule is COc1ccc(NC(=O)CN2CCCC(CNS(=O)(=O)c3ccc(C)cc3)C2)c(OC)c1. The van der Waals surface area contributed by atoms with Crippen LogP contribution in [-0.4, -0.2) is 59.6 Å². The number of hydrogen-bond acceptors (Lipinski definition) is 6. The second-order valence-electron chi connectivity index (χ2n) is 8.02. The predicted octanol–water partition coefficient (Wildman–Crippen LogP) is 2.64. The largest absolute Gasteiger partial charge is 0.497 e. The van der Waals surface area contributed by atoms with Crippen molar-refractivity contribution in [1.82, 2.24) is 9.62 Å². The Kier molecular flexibility index (Phi) is 8.11. The number of anilines is 1. The summed E-state index contributed by atoms with van der Waals surface area (Å²) in [5, 5.41) is 2.88. The minimum absolute atomic E-state index is 0.144. The molecule has 1 aliphatic rings. The van der Waals surface area contributed by atoms with Gasteiger partial charge in [0.2, 0.25) is 15.9 Å². The maximum absolute atomic E-state index is 12.6. The van der Waals surface area contributed by atoms with Crippen LogP contribution in [0.3, 0.4) is 0 Å². The minimum atomic E-state index is -3.54. The summed E-state index contributed by atoms with van der Waals surface area (Å²) in [5.74, 6) is 1.17. The van der Waals surface area contributed by atoms with Gasteiger partial charge in [-0.05, 0) is 56.5 Å². The summed E-state index contributed by atoms with van der Waals surface area (Å²) < 4.78 is 38.3. The fourth-order valence-corrected chi connectivity index (χ4v) is 4.90. The second kappa shape index (κ2) is 10.8. The summed E-state index contributed by atoms with van der Waals surface area (Å²) in [6.45, 7) is 3.95. The molecule has 0 bridgehead atoms. The normalized spacial score (nSPS) is 17.0. The highest BCUT2D eigenvalue weighted by Crippen LogP contribution is 2.29. The van der Waals surface area contributed by atoms with Crippen LogP contribution in [0.5, 0.6) is 11.5 Å². The number of aryl methyl sites for hydroxylation is 1. The van der Waals surface area contributed by atoms with Crippen LogP contribution in [-0.2, 0) is 14.8 Å². The molecule has 32 heavy (non-hydrogen) atoms. The van der Waals surface area contributed by atoms with Crippen LogP contribution < -0.4 is 19.5 Å². The summed E-state index contributed by atoms with van der Waals surface area (Å²) in [5.41, 5.74) is 1.59. The molecule has 2 N–H and O–H groups in total. The highest BCUT2D eigenvalue weighted by atomic mass is 32.2. The first-order valence-electron chi connectivity index (χ1n) is 10.6. The third-order valence-corrected chi connectivity index (χ3v) is 6.99. The molecule has 2 aromatic rings. The Balaban J connectivity index is 1.52. The Labute approximate surface area is 190 Å². The van der Waals surface area contributed by atoms with Crippen molar-refractivity contribution in [2.45, 2.75) is 24.7 Å². The maximum Gasteiger partial charge on any atom is 0.240 e. The number of carbonyl (C=O) groups excluding carboxylic acids is 1. The van der Waals surface area contributed by atoms with Gasteiger partial charge >= 0.3 is 0 Å². The number of hydrogen-bond donors (Lipinski definition) is 2. The Hall–Kier alpha value is -2.62. The van der Waals surface area contributed by atoms with Gasteiger partial charge in [-0.3, -0.25) is 9.69 Å². The fourth-order valence-electron chi connectivity index (χ4n) is 3.78. The minimum Gasteiger partial charge on any atom is -0.497 e. The molecular formula is C23H31N3O5S. The highest BCUT2D eigenvalue weighted by Gasteiger charge is 2.24. The fraction of sp³-hybridized carbons (Fsp3) is 0.435. The van der Waals surface area contributed by atoms with Crippen molar-refractivity contribution in [3.63, 3.8) is 0 Å². The Bertz CT molecular complexity index is 1020. The second-order valence-corrected chi connectivity index (χ2v) is 9.79. The first-order chi connectivity index (χ1) is 15.3. The number of rotatable bonds is 9. The molecule has 1 atom stereocenters. The van der Waals surface area contributed by atoms with E-state index in [-0.39, 0.29) is 23.3 Å². The molecule has 1 heterocycles. The van der Waals surface area contributed by atoms with Crippen molar-refractivity contribution in [2.75, 3.05) is 45.7 Å². The lowest BCUT2D eigenvalue weighted by Crippen LogP contribution is -2.43. The number of amides is 1. The molecule has 1 unspecified atom stereocenters. The van der Waals surface area contributed by atoms with Gasteiger partial charge in [-0.15, -0.1) is 0 Å². The number of methoxy groups -OCH3 is 2. The molecule has 1 aliphatic heterocycles. The molecule has 8 nitrogen and oxygen atoms in total. The number of likely N-dealkylation sites (tertiary alicyclic amines) is 1. The standard InChI is InChI=1S/C23H31N3O5S/c1-17-6-9-20(10-7-17)32(28,29)24-14-18-5-4-12-26(15-18)16-23(27)25-21-11-8-19(30-2)13-22(21)31-3/h6-11,13,18,24H,4-5,12,14-16H2,1-3H3,(H,25,27). The summed E-state index contributed by atoms with van der Waals surface area (Å²) >= 11 is 0. The number of benzene rings is 2. The molecule has 2 aromatic carbocycles. The molecule has 0 aliphatic carbocycles. The number of piperidine rings is 1. The van der Waals surface area contributed by atoms with Crippen LogP contribution >= 0.6 is 0 Å². The summed E-state index contributed by atoms with van der Waals surface area (Å²) in [7, 11) is -0.434. The highest BCUT2D eigenvalue weighted by molar-refractivity contribution is 7.89. The van der Waals surface area contributed by atoms with E-state index in [1.807, 2.05) is 6.92 Å². The van der Waals surface area contributed by atoms with Gasteiger partial charge in [-0.1, -0.05) is 17.7 Å². The smallest absolute Gasteiger partial charge is 0.240 e. The molecule has 1 amide bonds. The van der Waals surface area contributed by atoms with Crippen LogP contribution in [0.15, 0.2) is 47.4 Å². The molecule has 9 heteroatoms.